The third-order valence-corrected chi connectivity index (χ3v) is 4.17. The number of carbonyl (C=O) groups is 1. The number of rotatable bonds is 8. The van der Waals surface area contributed by atoms with Crippen molar-refractivity contribution >= 4 is 5.97 Å². The van der Waals surface area contributed by atoms with Gasteiger partial charge in [0, 0.05) is 12.6 Å². The summed E-state index contributed by atoms with van der Waals surface area (Å²) < 4.78 is 20.3. The van der Waals surface area contributed by atoms with Crippen LogP contribution in [0, 0.1) is 5.82 Å². The molecular weight excluding hydrogens is 323 g/mol. The Morgan fingerprint density at radius 1 is 1.28 bits per heavy atom. The molecule has 0 amide bonds. The second-order valence-corrected chi connectivity index (χ2v) is 6.87. The molecule has 2 rings (SSSR count). The van der Waals surface area contributed by atoms with E-state index in [1.54, 1.807) is 24.5 Å². The zero-order chi connectivity index (χ0) is 18.6. The van der Waals surface area contributed by atoms with Gasteiger partial charge in [0.15, 0.2) is 5.54 Å². The SMILES string of the molecule is CC(C)OCC(Cc1ccc(F)cc1)(C(=O)O)n1cc(C(C)C)cn1. The van der Waals surface area contributed by atoms with Gasteiger partial charge in [0.25, 0.3) is 0 Å². The summed E-state index contributed by atoms with van der Waals surface area (Å²) in [6.45, 7) is 7.72. The molecule has 5 nitrogen and oxygen atoms in total. The van der Waals surface area contributed by atoms with Gasteiger partial charge in [0.2, 0.25) is 0 Å². The molecule has 0 fully saturated rings. The van der Waals surface area contributed by atoms with Gasteiger partial charge in [-0.2, -0.15) is 5.10 Å². The maximum atomic E-state index is 13.2. The molecule has 1 N–H and O–H groups in total. The van der Waals surface area contributed by atoms with Gasteiger partial charge < -0.3 is 9.84 Å². The zero-order valence-corrected chi connectivity index (χ0v) is 15.1. The lowest BCUT2D eigenvalue weighted by Crippen LogP contribution is -2.49. The molecule has 1 heterocycles. The maximum absolute atomic E-state index is 13.2. The first-order chi connectivity index (χ1) is 11.7. The lowest BCUT2D eigenvalue weighted by molar-refractivity contribution is -0.153. The lowest BCUT2D eigenvalue weighted by atomic mass is 9.91. The first-order valence-electron chi connectivity index (χ1n) is 8.39. The molecule has 1 unspecified atom stereocenters. The van der Waals surface area contributed by atoms with Crippen LogP contribution >= 0.6 is 0 Å². The van der Waals surface area contributed by atoms with Gasteiger partial charge in [-0.25, -0.2) is 9.18 Å². The van der Waals surface area contributed by atoms with E-state index in [0.717, 1.165) is 5.56 Å². The summed E-state index contributed by atoms with van der Waals surface area (Å²) >= 11 is 0. The van der Waals surface area contributed by atoms with Gasteiger partial charge in [-0.3, -0.25) is 4.68 Å². The smallest absolute Gasteiger partial charge is 0.334 e. The van der Waals surface area contributed by atoms with Gasteiger partial charge in [-0.1, -0.05) is 26.0 Å². The Kier molecular flexibility index (Phi) is 5.95. The third kappa shape index (κ3) is 4.45. The minimum absolute atomic E-state index is 0.0312. The Morgan fingerprint density at radius 2 is 1.92 bits per heavy atom. The topological polar surface area (TPSA) is 64.3 Å². The monoisotopic (exact) mass is 348 g/mol. The Hall–Kier alpha value is -2.21. The number of nitrogens with zero attached hydrogens (tertiary/aromatic N) is 2. The molecule has 2 aromatic rings. The first kappa shape index (κ1) is 19.1. The maximum Gasteiger partial charge on any atom is 0.334 e. The van der Waals surface area contributed by atoms with E-state index in [2.05, 4.69) is 5.10 Å². The summed E-state index contributed by atoms with van der Waals surface area (Å²) in [4.78, 5) is 12.3. The molecule has 1 aromatic heterocycles. The zero-order valence-electron chi connectivity index (χ0n) is 15.1. The Labute approximate surface area is 147 Å². The predicted molar refractivity (Wildman–Crippen MR) is 93.1 cm³/mol. The Morgan fingerprint density at radius 3 is 2.40 bits per heavy atom. The second kappa shape index (κ2) is 7.78. The Bertz CT molecular complexity index is 710. The van der Waals surface area contributed by atoms with Crippen molar-refractivity contribution in [2.45, 2.75) is 51.7 Å². The number of aliphatic carboxylic acids is 1. The van der Waals surface area contributed by atoms with Gasteiger partial charge in [0.05, 0.1) is 18.9 Å². The number of ether oxygens (including phenoxy) is 1. The molecule has 1 aromatic carbocycles. The summed E-state index contributed by atoms with van der Waals surface area (Å²) in [6, 6.07) is 5.84. The highest BCUT2D eigenvalue weighted by Gasteiger charge is 2.42. The van der Waals surface area contributed by atoms with Gasteiger partial charge in [-0.05, 0) is 43.0 Å². The number of benzene rings is 1. The summed E-state index contributed by atoms with van der Waals surface area (Å²) in [5.41, 5.74) is 0.266. The van der Waals surface area contributed by atoms with E-state index in [9.17, 15) is 14.3 Å². The summed E-state index contributed by atoms with van der Waals surface area (Å²) in [6.07, 6.45) is 3.47. The summed E-state index contributed by atoms with van der Waals surface area (Å²) in [5.74, 6) is -1.16. The van der Waals surface area contributed by atoms with Crippen LogP contribution in [0.3, 0.4) is 0 Å². The molecule has 0 aliphatic carbocycles. The fourth-order valence-electron chi connectivity index (χ4n) is 2.55. The van der Waals surface area contributed by atoms with Crippen LogP contribution in [0.5, 0.6) is 0 Å². The fourth-order valence-corrected chi connectivity index (χ4v) is 2.55. The number of carboxylic acids is 1. The molecule has 25 heavy (non-hydrogen) atoms. The van der Waals surface area contributed by atoms with E-state index in [1.807, 2.05) is 27.7 Å². The van der Waals surface area contributed by atoms with Gasteiger partial charge in [-0.15, -0.1) is 0 Å². The standard InChI is InChI=1S/C19H25FN2O3/c1-13(2)16-10-21-22(11-16)19(18(23)24,12-25-14(3)4)9-15-5-7-17(20)8-6-15/h5-8,10-11,13-14H,9,12H2,1-4H3,(H,23,24). The Balaban J connectivity index is 2.46. The van der Waals surface area contributed by atoms with Crippen molar-refractivity contribution in [3.63, 3.8) is 0 Å². The minimum atomic E-state index is -1.39. The van der Waals surface area contributed by atoms with E-state index < -0.39 is 11.5 Å². The molecule has 0 aliphatic heterocycles. The van der Waals surface area contributed by atoms with E-state index in [-0.39, 0.29) is 30.9 Å². The molecule has 0 spiro atoms. The lowest BCUT2D eigenvalue weighted by Gasteiger charge is -2.31. The van der Waals surface area contributed by atoms with Crippen LogP contribution in [-0.4, -0.2) is 33.6 Å². The number of halogens is 1. The summed E-state index contributed by atoms with van der Waals surface area (Å²) in [5, 5.41) is 14.3. The van der Waals surface area contributed by atoms with Crippen LogP contribution in [-0.2, 0) is 21.5 Å². The molecule has 1 atom stereocenters. The molecule has 0 saturated carbocycles. The number of carboxylic acid groups (broad SMARTS) is 1. The van der Waals surface area contributed by atoms with Crippen molar-refractivity contribution in [3.8, 4) is 0 Å². The predicted octanol–water partition coefficient (Wildman–Crippen LogP) is 3.59. The van der Waals surface area contributed by atoms with Crippen molar-refractivity contribution in [1.29, 1.82) is 0 Å². The van der Waals surface area contributed by atoms with E-state index in [0.29, 0.717) is 5.56 Å². The quantitative estimate of drug-likeness (QED) is 0.792. The van der Waals surface area contributed by atoms with Crippen molar-refractivity contribution < 1.29 is 19.0 Å². The van der Waals surface area contributed by atoms with E-state index >= 15 is 0 Å². The van der Waals surface area contributed by atoms with Crippen LogP contribution in [0.1, 0.15) is 44.7 Å². The van der Waals surface area contributed by atoms with Crippen LogP contribution in [0.4, 0.5) is 4.39 Å². The van der Waals surface area contributed by atoms with Crippen LogP contribution < -0.4 is 0 Å². The van der Waals surface area contributed by atoms with Crippen LogP contribution in [0.25, 0.3) is 0 Å². The molecule has 0 saturated heterocycles. The van der Waals surface area contributed by atoms with Gasteiger partial charge in [0.1, 0.15) is 5.82 Å². The van der Waals surface area contributed by atoms with Crippen LogP contribution in [0.15, 0.2) is 36.7 Å². The average Bonchev–Trinajstić information content (AvgIpc) is 3.03. The van der Waals surface area contributed by atoms with E-state index in [1.165, 1.54) is 16.8 Å². The van der Waals surface area contributed by atoms with E-state index in [4.69, 9.17) is 4.74 Å². The van der Waals surface area contributed by atoms with Gasteiger partial charge >= 0.3 is 5.97 Å². The highest BCUT2D eigenvalue weighted by atomic mass is 19.1. The molecule has 0 bridgehead atoms. The van der Waals surface area contributed by atoms with Crippen molar-refractivity contribution in [1.82, 2.24) is 9.78 Å². The van der Waals surface area contributed by atoms with Crippen molar-refractivity contribution in [2.75, 3.05) is 6.61 Å². The van der Waals surface area contributed by atoms with Crippen molar-refractivity contribution in [3.05, 3.63) is 53.6 Å². The largest absolute Gasteiger partial charge is 0.479 e. The normalized spacial score (nSPS) is 14.0. The van der Waals surface area contributed by atoms with Crippen molar-refractivity contribution in [2.24, 2.45) is 0 Å². The number of hydrogen-bond acceptors (Lipinski definition) is 3. The summed E-state index contributed by atoms with van der Waals surface area (Å²) in [7, 11) is 0. The molecule has 6 heteroatoms. The molecule has 136 valence electrons. The highest BCUT2D eigenvalue weighted by molar-refractivity contribution is 5.77. The molecular formula is C19H25FN2O3. The first-order valence-corrected chi connectivity index (χ1v) is 8.39. The molecule has 0 radical (unpaired) electrons. The number of hydrogen-bond donors (Lipinski definition) is 1. The highest BCUT2D eigenvalue weighted by Crippen LogP contribution is 2.26. The second-order valence-electron chi connectivity index (χ2n) is 6.87. The minimum Gasteiger partial charge on any atom is -0.479 e. The van der Waals surface area contributed by atoms with Crippen LogP contribution in [0.2, 0.25) is 0 Å². The third-order valence-electron chi connectivity index (χ3n) is 4.17. The average molecular weight is 348 g/mol. The molecule has 0 aliphatic rings. The number of aromatic nitrogens is 2. The fraction of sp³-hybridized carbons (Fsp3) is 0.474.